The summed E-state index contributed by atoms with van der Waals surface area (Å²) in [5, 5.41) is 23.1. The van der Waals surface area contributed by atoms with Crippen molar-refractivity contribution in [3.05, 3.63) is 33.9 Å². The van der Waals surface area contributed by atoms with Crippen molar-refractivity contribution in [2.24, 2.45) is 5.41 Å². The molecule has 1 saturated heterocycles. The SMILES string of the molecule is CS(=O)(=O)CC1(CNc2ccc([N+](=O)[O-])cc2C#N)CCOCC1. The number of nitriles is 1. The summed E-state index contributed by atoms with van der Waals surface area (Å²) in [6.07, 6.45) is 2.40. The van der Waals surface area contributed by atoms with Crippen LogP contribution in [0.15, 0.2) is 18.2 Å². The van der Waals surface area contributed by atoms with Crippen molar-refractivity contribution < 1.29 is 18.1 Å². The van der Waals surface area contributed by atoms with Gasteiger partial charge in [-0.3, -0.25) is 10.1 Å². The molecule has 0 amide bonds. The van der Waals surface area contributed by atoms with Gasteiger partial charge < -0.3 is 10.1 Å². The first kappa shape index (κ1) is 18.2. The molecular weight excluding hydrogens is 334 g/mol. The van der Waals surface area contributed by atoms with E-state index < -0.39 is 20.2 Å². The molecule has 0 unspecified atom stereocenters. The molecule has 0 spiro atoms. The van der Waals surface area contributed by atoms with Crippen LogP contribution in [0, 0.1) is 26.9 Å². The highest BCUT2D eigenvalue weighted by Crippen LogP contribution is 2.33. The molecule has 24 heavy (non-hydrogen) atoms. The van der Waals surface area contributed by atoms with E-state index in [9.17, 15) is 23.8 Å². The van der Waals surface area contributed by atoms with E-state index in [1.165, 1.54) is 24.5 Å². The predicted octanol–water partition coefficient (Wildman–Crippen LogP) is 1.72. The van der Waals surface area contributed by atoms with Crippen molar-refractivity contribution in [1.29, 1.82) is 5.26 Å². The van der Waals surface area contributed by atoms with Crippen molar-refractivity contribution in [1.82, 2.24) is 0 Å². The first-order valence-electron chi connectivity index (χ1n) is 7.43. The van der Waals surface area contributed by atoms with Crippen LogP contribution in [0.5, 0.6) is 0 Å². The Labute approximate surface area is 140 Å². The number of nitrogens with zero attached hydrogens (tertiary/aromatic N) is 2. The number of ether oxygens (including phenoxy) is 1. The maximum absolute atomic E-state index is 11.8. The summed E-state index contributed by atoms with van der Waals surface area (Å²) in [6.45, 7) is 1.33. The minimum Gasteiger partial charge on any atom is -0.383 e. The molecule has 0 radical (unpaired) electrons. The van der Waals surface area contributed by atoms with E-state index in [1.54, 1.807) is 0 Å². The topological polar surface area (TPSA) is 122 Å². The minimum atomic E-state index is -3.17. The molecule has 0 bridgehead atoms. The molecule has 130 valence electrons. The first-order valence-corrected chi connectivity index (χ1v) is 9.49. The molecule has 1 N–H and O–H groups in total. The van der Waals surface area contributed by atoms with Gasteiger partial charge in [0.1, 0.15) is 15.9 Å². The molecule has 1 aromatic rings. The molecule has 0 aliphatic carbocycles. The fraction of sp³-hybridized carbons (Fsp3) is 0.533. The second-order valence-electron chi connectivity index (χ2n) is 6.13. The van der Waals surface area contributed by atoms with Crippen LogP contribution in [0.3, 0.4) is 0 Å². The molecule has 0 aromatic heterocycles. The summed E-state index contributed by atoms with van der Waals surface area (Å²) in [5.74, 6) is 0.0330. The zero-order chi connectivity index (χ0) is 17.8. The fourth-order valence-electron chi connectivity index (χ4n) is 2.91. The Hall–Kier alpha value is -2.18. The second kappa shape index (κ2) is 7.15. The molecule has 1 fully saturated rings. The number of hydrogen-bond acceptors (Lipinski definition) is 7. The number of non-ortho nitro benzene ring substituents is 1. The van der Waals surface area contributed by atoms with Crippen molar-refractivity contribution in [2.75, 3.05) is 37.1 Å². The quantitative estimate of drug-likeness (QED) is 0.610. The number of anilines is 1. The summed E-state index contributed by atoms with van der Waals surface area (Å²) < 4.78 is 28.9. The minimum absolute atomic E-state index is 0.0330. The second-order valence-corrected chi connectivity index (χ2v) is 8.27. The molecule has 0 atom stereocenters. The monoisotopic (exact) mass is 353 g/mol. The maximum Gasteiger partial charge on any atom is 0.270 e. The molecule has 0 saturated carbocycles. The van der Waals surface area contributed by atoms with E-state index in [0.29, 0.717) is 38.3 Å². The summed E-state index contributed by atoms with van der Waals surface area (Å²) in [5.41, 5.74) is -0.0115. The average molecular weight is 353 g/mol. The number of sulfone groups is 1. The van der Waals surface area contributed by atoms with E-state index in [2.05, 4.69) is 5.32 Å². The van der Waals surface area contributed by atoms with Crippen molar-refractivity contribution in [3.8, 4) is 6.07 Å². The lowest BCUT2D eigenvalue weighted by Crippen LogP contribution is -2.41. The molecule has 9 heteroatoms. The van der Waals surface area contributed by atoms with Gasteiger partial charge in [-0.1, -0.05) is 0 Å². The molecule has 1 aliphatic heterocycles. The first-order chi connectivity index (χ1) is 11.2. The highest BCUT2D eigenvalue weighted by atomic mass is 32.2. The van der Waals surface area contributed by atoms with Crippen LogP contribution in [0.2, 0.25) is 0 Å². The van der Waals surface area contributed by atoms with Gasteiger partial charge in [-0.15, -0.1) is 0 Å². The van der Waals surface area contributed by atoms with Gasteiger partial charge in [-0.05, 0) is 18.9 Å². The Kier molecular flexibility index (Phi) is 5.41. The third-order valence-corrected chi connectivity index (χ3v) is 5.25. The molecule has 1 aliphatic rings. The van der Waals surface area contributed by atoms with Crippen molar-refractivity contribution in [3.63, 3.8) is 0 Å². The number of nitro groups is 1. The van der Waals surface area contributed by atoms with E-state index in [4.69, 9.17) is 4.74 Å². The van der Waals surface area contributed by atoms with Gasteiger partial charge in [0.2, 0.25) is 0 Å². The number of rotatable bonds is 6. The van der Waals surface area contributed by atoms with E-state index in [1.807, 2.05) is 6.07 Å². The standard InChI is InChI=1S/C15H19N3O5S/c1-24(21,22)11-15(4-6-23-7-5-15)10-17-14-3-2-13(18(19)20)8-12(14)9-16/h2-3,8,17H,4-7,10-11H2,1H3. The Morgan fingerprint density at radius 2 is 2.08 bits per heavy atom. The van der Waals surface area contributed by atoms with Gasteiger partial charge in [0.05, 0.1) is 21.9 Å². The van der Waals surface area contributed by atoms with Gasteiger partial charge in [0, 0.05) is 43.6 Å². The van der Waals surface area contributed by atoms with Gasteiger partial charge >= 0.3 is 0 Å². The zero-order valence-electron chi connectivity index (χ0n) is 13.3. The Morgan fingerprint density at radius 1 is 1.42 bits per heavy atom. The lowest BCUT2D eigenvalue weighted by atomic mass is 9.82. The maximum atomic E-state index is 11.8. The van der Waals surface area contributed by atoms with Crippen LogP contribution < -0.4 is 5.32 Å². The molecule has 2 rings (SSSR count). The van der Waals surface area contributed by atoms with Crippen LogP contribution >= 0.6 is 0 Å². The highest BCUT2D eigenvalue weighted by Gasteiger charge is 2.36. The smallest absolute Gasteiger partial charge is 0.270 e. The zero-order valence-corrected chi connectivity index (χ0v) is 14.1. The van der Waals surface area contributed by atoms with Gasteiger partial charge in [0.25, 0.3) is 5.69 Å². The van der Waals surface area contributed by atoms with Gasteiger partial charge in [-0.2, -0.15) is 5.26 Å². The number of benzene rings is 1. The van der Waals surface area contributed by atoms with E-state index in [-0.39, 0.29) is 17.0 Å². The van der Waals surface area contributed by atoms with Crippen LogP contribution in [-0.2, 0) is 14.6 Å². The third kappa shape index (κ3) is 4.66. The molecule has 1 heterocycles. The summed E-state index contributed by atoms with van der Waals surface area (Å²) in [4.78, 5) is 10.2. The van der Waals surface area contributed by atoms with E-state index in [0.717, 1.165) is 0 Å². The number of hydrogen-bond donors (Lipinski definition) is 1. The molecule has 8 nitrogen and oxygen atoms in total. The lowest BCUT2D eigenvalue weighted by Gasteiger charge is -2.37. The average Bonchev–Trinajstić information content (AvgIpc) is 2.52. The van der Waals surface area contributed by atoms with Gasteiger partial charge in [-0.25, -0.2) is 8.42 Å². The molecular formula is C15H19N3O5S. The number of nitrogens with one attached hydrogen (secondary N) is 1. The van der Waals surface area contributed by atoms with Crippen LogP contribution in [0.1, 0.15) is 18.4 Å². The summed E-state index contributed by atoms with van der Waals surface area (Å²) >= 11 is 0. The third-order valence-electron chi connectivity index (χ3n) is 4.11. The highest BCUT2D eigenvalue weighted by molar-refractivity contribution is 7.90. The Balaban J connectivity index is 2.20. The van der Waals surface area contributed by atoms with E-state index >= 15 is 0 Å². The molecule has 1 aromatic carbocycles. The summed E-state index contributed by atoms with van der Waals surface area (Å²) in [7, 11) is -3.17. The van der Waals surface area contributed by atoms with Crippen molar-refractivity contribution >= 4 is 21.2 Å². The Morgan fingerprint density at radius 3 is 2.62 bits per heavy atom. The summed E-state index contributed by atoms with van der Waals surface area (Å²) in [6, 6.07) is 5.93. The number of nitro benzene ring substituents is 1. The van der Waals surface area contributed by atoms with Crippen LogP contribution in [0.4, 0.5) is 11.4 Å². The van der Waals surface area contributed by atoms with Gasteiger partial charge in [0.15, 0.2) is 0 Å². The van der Waals surface area contributed by atoms with Crippen LogP contribution in [-0.4, -0.2) is 45.1 Å². The normalized spacial score (nSPS) is 17.0. The Bertz CT molecular complexity index is 764. The van der Waals surface area contributed by atoms with Crippen LogP contribution in [0.25, 0.3) is 0 Å². The fourth-order valence-corrected chi connectivity index (χ4v) is 4.41. The largest absolute Gasteiger partial charge is 0.383 e. The van der Waals surface area contributed by atoms with Crippen molar-refractivity contribution in [2.45, 2.75) is 12.8 Å². The lowest BCUT2D eigenvalue weighted by molar-refractivity contribution is -0.384. The predicted molar refractivity (Wildman–Crippen MR) is 88.5 cm³/mol.